The first-order chi connectivity index (χ1) is 13.6. The summed E-state index contributed by atoms with van der Waals surface area (Å²) in [4.78, 5) is 29.3. The quantitative estimate of drug-likeness (QED) is 0.557. The lowest BCUT2D eigenvalue weighted by molar-refractivity contribution is 0.0951. The SMILES string of the molecule is O=C(NCCn1c(=O)n(Cc2ccc(F)cc2)c2cccnc21)c1ccoc1. The number of carbonyl (C=O) groups excluding carboxylic acids is 1. The van der Waals surface area contributed by atoms with E-state index in [-0.39, 0.29) is 30.5 Å². The Labute approximate surface area is 159 Å². The molecule has 0 spiro atoms. The molecule has 1 amide bonds. The number of aromatic nitrogens is 3. The Morgan fingerprint density at radius 3 is 2.71 bits per heavy atom. The van der Waals surface area contributed by atoms with Gasteiger partial charge in [0.2, 0.25) is 0 Å². The number of imidazole rings is 1. The lowest BCUT2D eigenvalue weighted by Crippen LogP contribution is -2.31. The third-order valence-corrected chi connectivity index (χ3v) is 4.43. The largest absolute Gasteiger partial charge is 0.472 e. The number of benzene rings is 1. The van der Waals surface area contributed by atoms with Crippen molar-refractivity contribution in [3.63, 3.8) is 0 Å². The van der Waals surface area contributed by atoms with Crippen LogP contribution in [-0.2, 0) is 13.1 Å². The zero-order valence-electron chi connectivity index (χ0n) is 14.8. The number of amides is 1. The molecule has 1 aromatic carbocycles. The highest BCUT2D eigenvalue weighted by Gasteiger charge is 2.15. The summed E-state index contributed by atoms with van der Waals surface area (Å²) < 4.78 is 21.1. The molecule has 0 aliphatic rings. The minimum absolute atomic E-state index is 0.240. The fraction of sp³-hybridized carbons (Fsp3) is 0.150. The standard InChI is InChI=1S/C20H17FN4O3/c21-16-5-3-14(4-6-16)12-25-17-2-1-8-22-18(17)24(20(25)27)10-9-23-19(26)15-7-11-28-13-15/h1-8,11,13H,9-10,12H2,(H,23,26). The van der Waals surface area contributed by atoms with Gasteiger partial charge in [0, 0.05) is 19.3 Å². The maximum Gasteiger partial charge on any atom is 0.330 e. The van der Waals surface area contributed by atoms with Crippen LogP contribution in [-0.4, -0.2) is 26.6 Å². The van der Waals surface area contributed by atoms with E-state index in [0.717, 1.165) is 5.56 Å². The lowest BCUT2D eigenvalue weighted by atomic mass is 10.2. The monoisotopic (exact) mass is 380 g/mol. The molecule has 4 aromatic rings. The van der Waals surface area contributed by atoms with E-state index < -0.39 is 0 Å². The Morgan fingerprint density at radius 2 is 1.96 bits per heavy atom. The highest BCUT2D eigenvalue weighted by Crippen LogP contribution is 2.13. The van der Waals surface area contributed by atoms with Gasteiger partial charge in [-0.2, -0.15) is 0 Å². The fourth-order valence-electron chi connectivity index (χ4n) is 3.05. The lowest BCUT2D eigenvalue weighted by Gasteiger charge is -2.05. The molecule has 0 unspecified atom stereocenters. The van der Waals surface area contributed by atoms with E-state index in [4.69, 9.17) is 4.42 Å². The number of nitrogens with one attached hydrogen (secondary N) is 1. The third kappa shape index (κ3) is 3.44. The number of pyridine rings is 1. The van der Waals surface area contributed by atoms with E-state index in [1.54, 1.807) is 35.0 Å². The van der Waals surface area contributed by atoms with Crippen molar-refractivity contribution < 1.29 is 13.6 Å². The molecule has 0 bridgehead atoms. The summed E-state index contributed by atoms with van der Waals surface area (Å²) in [5.41, 5.74) is 2.20. The molecule has 0 saturated heterocycles. The van der Waals surface area contributed by atoms with Crippen LogP contribution in [0.4, 0.5) is 4.39 Å². The number of hydrogen-bond acceptors (Lipinski definition) is 4. The maximum absolute atomic E-state index is 13.1. The molecule has 0 aliphatic carbocycles. The summed E-state index contributed by atoms with van der Waals surface area (Å²) in [6.07, 6.45) is 4.40. The molecule has 28 heavy (non-hydrogen) atoms. The smallest absolute Gasteiger partial charge is 0.330 e. The first-order valence-electron chi connectivity index (χ1n) is 8.72. The normalized spacial score (nSPS) is 11.0. The Hall–Kier alpha value is -3.68. The molecule has 3 aromatic heterocycles. The number of carbonyl (C=O) groups is 1. The van der Waals surface area contributed by atoms with Crippen molar-refractivity contribution in [1.82, 2.24) is 19.4 Å². The van der Waals surface area contributed by atoms with Gasteiger partial charge in [-0.15, -0.1) is 0 Å². The summed E-state index contributed by atoms with van der Waals surface area (Å²) >= 11 is 0. The molecule has 142 valence electrons. The second kappa shape index (κ2) is 7.51. The molecule has 7 nitrogen and oxygen atoms in total. The van der Waals surface area contributed by atoms with Crippen molar-refractivity contribution >= 4 is 17.1 Å². The fourth-order valence-corrected chi connectivity index (χ4v) is 3.05. The zero-order valence-corrected chi connectivity index (χ0v) is 14.8. The molecule has 0 atom stereocenters. The van der Waals surface area contributed by atoms with Gasteiger partial charge >= 0.3 is 5.69 Å². The molecule has 0 saturated carbocycles. The Kier molecular flexibility index (Phi) is 4.76. The van der Waals surface area contributed by atoms with E-state index in [9.17, 15) is 14.0 Å². The predicted octanol–water partition coefficient (Wildman–Crippen LogP) is 2.41. The van der Waals surface area contributed by atoms with Crippen LogP contribution in [0.5, 0.6) is 0 Å². The number of fused-ring (bicyclic) bond motifs is 1. The summed E-state index contributed by atoms with van der Waals surface area (Å²) in [6, 6.07) is 11.2. The highest BCUT2D eigenvalue weighted by atomic mass is 19.1. The first-order valence-corrected chi connectivity index (χ1v) is 8.72. The average Bonchev–Trinajstić information content (AvgIpc) is 3.33. The summed E-state index contributed by atoms with van der Waals surface area (Å²) in [6.45, 7) is 0.832. The van der Waals surface area contributed by atoms with Gasteiger partial charge in [-0.1, -0.05) is 12.1 Å². The molecule has 0 aliphatic heterocycles. The van der Waals surface area contributed by atoms with Gasteiger partial charge in [0.05, 0.1) is 23.9 Å². The van der Waals surface area contributed by atoms with Crippen LogP contribution in [0, 0.1) is 5.82 Å². The highest BCUT2D eigenvalue weighted by molar-refractivity contribution is 5.93. The third-order valence-electron chi connectivity index (χ3n) is 4.43. The van der Waals surface area contributed by atoms with Gasteiger partial charge in [-0.3, -0.25) is 13.9 Å². The average molecular weight is 380 g/mol. The van der Waals surface area contributed by atoms with Gasteiger partial charge in [0.1, 0.15) is 12.1 Å². The Balaban J connectivity index is 1.58. The van der Waals surface area contributed by atoms with Crippen LogP contribution in [0.25, 0.3) is 11.2 Å². The van der Waals surface area contributed by atoms with Crippen LogP contribution in [0.3, 0.4) is 0 Å². The summed E-state index contributed by atoms with van der Waals surface area (Å²) in [5, 5.41) is 2.75. The van der Waals surface area contributed by atoms with E-state index in [0.29, 0.717) is 23.3 Å². The zero-order chi connectivity index (χ0) is 19.5. The predicted molar refractivity (Wildman–Crippen MR) is 101 cm³/mol. The van der Waals surface area contributed by atoms with Crippen LogP contribution < -0.4 is 11.0 Å². The van der Waals surface area contributed by atoms with E-state index >= 15 is 0 Å². The van der Waals surface area contributed by atoms with Crippen molar-refractivity contribution in [2.45, 2.75) is 13.1 Å². The van der Waals surface area contributed by atoms with Gasteiger partial charge in [-0.25, -0.2) is 14.2 Å². The van der Waals surface area contributed by atoms with E-state index in [1.165, 1.54) is 29.2 Å². The van der Waals surface area contributed by atoms with Crippen LogP contribution in [0.1, 0.15) is 15.9 Å². The van der Waals surface area contributed by atoms with Gasteiger partial charge in [-0.05, 0) is 35.9 Å². The first kappa shape index (κ1) is 17.7. The molecular formula is C20H17FN4O3. The molecule has 3 heterocycles. The Bertz CT molecular complexity index is 1160. The molecule has 0 fully saturated rings. The number of nitrogens with zero attached hydrogens (tertiary/aromatic N) is 3. The van der Waals surface area contributed by atoms with Gasteiger partial charge < -0.3 is 9.73 Å². The van der Waals surface area contributed by atoms with Gasteiger partial charge in [0.15, 0.2) is 5.65 Å². The van der Waals surface area contributed by atoms with E-state index in [1.807, 2.05) is 6.07 Å². The minimum atomic E-state index is -0.325. The second-order valence-corrected chi connectivity index (χ2v) is 6.26. The number of hydrogen-bond donors (Lipinski definition) is 1. The number of halogens is 1. The van der Waals surface area contributed by atoms with E-state index in [2.05, 4.69) is 10.3 Å². The topological polar surface area (TPSA) is 82.1 Å². The number of furan rings is 1. The second-order valence-electron chi connectivity index (χ2n) is 6.26. The maximum atomic E-state index is 13.1. The van der Waals surface area contributed by atoms with Crippen LogP contribution in [0.2, 0.25) is 0 Å². The van der Waals surface area contributed by atoms with Crippen molar-refractivity contribution in [1.29, 1.82) is 0 Å². The molecular weight excluding hydrogens is 363 g/mol. The molecule has 0 radical (unpaired) electrons. The molecule has 1 N–H and O–H groups in total. The molecule has 4 rings (SSSR count). The summed E-state index contributed by atoms with van der Waals surface area (Å²) in [7, 11) is 0. The molecule has 8 heteroatoms. The Morgan fingerprint density at radius 1 is 1.14 bits per heavy atom. The minimum Gasteiger partial charge on any atom is -0.472 e. The van der Waals surface area contributed by atoms with Crippen LogP contribution in [0.15, 0.2) is 70.4 Å². The van der Waals surface area contributed by atoms with Crippen molar-refractivity contribution in [3.05, 3.63) is 88.6 Å². The van der Waals surface area contributed by atoms with Gasteiger partial charge in [0.25, 0.3) is 5.91 Å². The number of rotatable bonds is 6. The van der Waals surface area contributed by atoms with Crippen LogP contribution >= 0.6 is 0 Å². The van der Waals surface area contributed by atoms with Crippen molar-refractivity contribution in [3.8, 4) is 0 Å². The van der Waals surface area contributed by atoms with Crippen molar-refractivity contribution in [2.24, 2.45) is 0 Å². The summed E-state index contributed by atoms with van der Waals surface area (Å²) in [5.74, 6) is -0.599. The van der Waals surface area contributed by atoms with Crippen molar-refractivity contribution in [2.75, 3.05) is 6.54 Å².